The van der Waals surface area contributed by atoms with Crippen LogP contribution in [0.3, 0.4) is 0 Å². The van der Waals surface area contributed by atoms with E-state index in [-0.39, 0.29) is 5.91 Å². The molecule has 0 atom stereocenters. The number of carbonyl (C=O) groups excluding carboxylic acids is 1. The second-order valence-electron chi connectivity index (χ2n) is 10.5. The van der Waals surface area contributed by atoms with Crippen LogP contribution in [0.25, 0.3) is 0 Å². The van der Waals surface area contributed by atoms with Crippen LogP contribution >= 0.6 is 0 Å². The fourth-order valence-electron chi connectivity index (χ4n) is 5.84. The molecular weight excluding hydrogens is 418 g/mol. The SMILES string of the molecule is O=C(CCc1cccnc1)NCCCCC1CCN(Cc2ccccc2C2CCCCC2)CC1. The van der Waals surface area contributed by atoms with Gasteiger partial charge < -0.3 is 5.32 Å². The van der Waals surface area contributed by atoms with Crippen LogP contribution in [0.1, 0.15) is 93.2 Å². The van der Waals surface area contributed by atoms with Crippen molar-refractivity contribution >= 4 is 5.91 Å². The van der Waals surface area contributed by atoms with E-state index < -0.39 is 0 Å². The number of rotatable bonds is 11. The third-order valence-corrected chi connectivity index (χ3v) is 7.93. The maximum atomic E-state index is 12.1. The monoisotopic (exact) mass is 461 g/mol. The lowest BCUT2D eigenvalue weighted by Crippen LogP contribution is -2.33. The van der Waals surface area contributed by atoms with Crippen molar-refractivity contribution in [1.29, 1.82) is 0 Å². The molecule has 1 N–H and O–H groups in total. The molecule has 1 aliphatic heterocycles. The van der Waals surface area contributed by atoms with Crippen LogP contribution in [0.2, 0.25) is 0 Å². The van der Waals surface area contributed by atoms with E-state index in [0.29, 0.717) is 6.42 Å². The van der Waals surface area contributed by atoms with E-state index in [2.05, 4.69) is 39.5 Å². The number of amides is 1. The highest BCUT2D eigenvalue weighted by Crippen LogP contribution is 2.35. The Morgan fingerprint density at radius 3 is 2.59 bits per heavy atom. The van der Waals surface area contributed by atoms with Crippen molar-refractivity contribution in [3.63, 3.8) is 0 Å². The molecule has 2 aromatic rings. The third kappa shape index (κ3) is 7.94. The molecule has 34 heavy (non-hydrogen) atoms. The molecule has 1 saturated carbocycles. The largest absolute Gasteiger partial charge is 0.356 e. The highest BCUT2D eigenvalue weighted by atomic mass is 16.1. The molecule has 0 radical (unpaired) electrons. The van der Waals surface area contributed by atoms with Crippen LogP contribution in [0.15, 0.2) is 48.8 Å². The maximum absolute atomic E-state index is 12.1. The highest BCUT2D eigenvalue weighted by molar-refractivity contribution is 5.76. The number of hydrogen-bond donors (Lipinski definition) is 1. The lowest BCUT2D eigenvalue weighted by molar-refractivity contribution is -0.121. The van der Waals surface area contributed by atoms with Crippen molar-refractivity contribution in [3.8, 4) is 0 Å². The van der Waals surface area contributed by atoms with Gasteiger partial charge in [-0.25, -0.2) is 0 Å². The van der Waals surface area contributed by atoms with Gasteiger partial charge in [-0.05, 0) is 86.2 Å². The van der Waals surface area contributed by atoms with E-state index in [1.807, 2.05) is 18.3 Å². The van der Waals surface area contributed by atoms with Gasteiger partial charge in [0.2, 0.25) is 5.91 Å². The summed E-state index contributed by atoms with van der Waals surface area (Å²) in [4.78, 5) is 18.8. The Kier molecular flexibility index (Phi) is 9.98. The van der Waals surface area contributed by atoms with Crippen LogP contribution in [-0.2, 0) is 17.8 Å². The van der Waals surface area contributed by atoms with Crippen LogP contribution in [-0.4, -0.2) is 35.4 Å². The second-order valence-corrected chi connectivity index (χ2v) is 10.5. The normalized spacial score (nSPS) is 18.1. The molecule has 0 bridgehead atoms. The number of nitrogens with one attached hydrogen (secondary N) is 1. The molecule has 4 rings (SSSR count). The van der Waals surface area contributed by atoms with Gasteiger partial charge >= 0.3 is 0 Å². The van der Waals surface area contributed by atoms with Crippen LogP contribution in [0.5, 0.6) is 0 Å². The van der Waals surface area contributed by atoms with Gasteiger partial charge in [0.1, 0.15) is 0 Å². The topological polar surface area (TPSA) is 45.2 Å². The molecule has 2 aliphatic rings. The third-order valence-electron chi connectivity index (χ3n) is 7.93. The molecule has 1 aliphatic carbocycles. The van der Waals surface area contributed by atoms with E-state index in [1.165, 1.54) is 70.9 Å². The fourth-order valence-corrected chi connectivity index (χ4v) is 5.84. The summed E-state index contributed by atoms with van der Waals surface area (Å²) in [5.41, 5.74) is 4.33. The van der Waals surface area contributed by atoms with Gasteiger partial charge in [0, 0.05) is 31.9 Å². The summed E-state index contributed by atoms with van der Waals surface area (Å²) in [6, 6.07) is 13.2. The van der Waals surface area contributed by atoms with E-state index in [1.54, 1.807) is 17.3 Å². The minimum atomic E-state index is 0.158. The first-order valence-corrected chi connectivity index (χ1v) is 13.7. The molecule has 1 aromatic carbocycles. The average molecular weight is 462 g/mol. The number of aryl methyl sites for hydroxylation is 1. The van der Waals surface area contributed by atoms with Crippen molar-refractivity contribution in [2.24, 2.45) is 5.92 Å². The second kappa shape index (κ2) is 13.6. The van der Waals surface area contributed by atoms with E-state index >= 15 is 0 Å². The molecule has 0 spiro atoms. The summed E-state index contributed by atoms with van der Waals surface area (Å²) in [5, 5.41) is 3.09. The Morgan fingerprint density at radius 1 is 0.971 bits per heavy atom. The lowest BCUT2D eigenvalue weighted by Gasteiger charge is -2.33. The highest BCUT2D eigenvalue weighted by Gasteiger charge is 2.22. The van der Waals surface area contributed by atoms with Gasteiger partial charge in [0.05, 0.1) is 0 Å². The first kappa shape index (κ1) is 24.9. The van der Waals surface area contributed by atoms with E-state index in [0.717, 1.165) is 43.3 Å². The van der Waals surface area contributed by atoms with Crippen LogP contribution < -0.4 is 5.32 Å². The van der Waals surface area contributed by atoms with Crippen molar-refractivity contribution < 1.29 is 4.79 Å². The molecule has 1 saturated heterocycles. The zero-order valence-corrected chi connectivity index (χ0v) is 20.9. The number of hydrogen-bond acceptors (Lipinski definition) is 3. The Hall–Kier alpha value is -2.20. The number of carbonyl (C=O) groups is 1. The molecule has 0 unspecified atom stereocenters. The van der Waals surface area contributed by atoms with Crippen LogP contribution in [0.4, 0.5) is 0 Å². The molecule has 2 fully saturated rings. The number of aromatic nitrogens is 1. The summed E-state index contributed by atoms with van der Waals surface area (Å²) in [6.45, 7) is 4.40. The van der Waals surface area contributed by atoms with Gasteiger partial charge in [-0.2, -0.15) is 0 Å². The quantitative estimate of drug-likeness (QED) is 0.402. The van der Waals surface area contributed by atoms with Gasteiger partial charge in [-0.3, -0.25) is 14.7 Å². The summed E-state index contributed by atoms with van der Waals surface area (Å²) < 4.78 is 0. The lowest BCUT2D eigenvalue weighted by atomic mass is 9.82. The molecule has 2 heterocycles. The zero-order chi connectivity index (χ0) is 23.4. The van der Waals surface area contributed by atoms with Gasteiger partial charge in [0.15, 0.2) is 0 Å². The van der Waals surface area contributed by atoms with Gasteiger partial charge in [-0.1, -0.05) is 62.4 Å². The number of nitrogens with zero attached hydrogens (tertiary/aromatic N) is 2. The van der Waals surface area contributed by atoms with E-state index in [9.17, 15) is 4.79 Å². The molecule has 4 nitrogen and oxygen atoms in total. The Morgan fingerprint density at radius 2 is 1.79 bits per heavy atom. The van der Waals surface area contributed by atoms with Crippen molar-refractivity contribution in [3.05, 3.63) is 65.5 Å². The number of likely N-dealkylation sites (tertiary alicyclic amines) is 1. The Labute approximate surface area is 206 Å². The number of pyridine rings is 1. The number of unbranched alkanes of at least 4 members (excludes halogenated alkanes) is 1. The van der Waals surface area contributed by atoms with Crippen LogP contribution in [0, 0.1) is 5.92 Å². The van der Waals surface area contributed by atoms with Gasteiger partial charge in [0.25, 0.3) is 0 Å². The predicted octanol–water partition coefficient (Wildman–Crippen LogP) is 6.26. The fraction of sp³-hybridized carbons (Fsp3) is 0.600. The summed E-state index contributed by atoms with van der Waals surface area (Å²) >= 11 is 0. The van der Waals surface area contributed by atoms with Crippen molar-refractivity contribution in [2.45, 2.75) is 89.5 Å². The Bertz CT molecular complexity index is 854. The van der Waals surface area contributed by atoms with Crippen molar-refractivity contribution in [1.82, 2.24) is 15.2 Å². The Balaban J connectivity index is 1.08. The number of benzene rings is 1. The number of piperidine rings is 1. The molecule has 4 heteroatoms. The molecule has 184 valence electrons. The summed E-state index contributed by atoms with van der Waals surface area (Å²) in [5.74, 6) is 1.80. The summed E-state index contributed by atoms with van der Waals surface area (Å²) in [7, 11) is 0. The average Bonchev–Trinajstić information content (AvgIpc) is 2.90. The maximum Gasteiger partial charge on any atom is 0.220 e. The zero-order valence-electron chi connectivity index (χ0n) is 20.9. The standard InChI is InChI=1S/C30H43N3O/c34-30(16-15-26-10-8-19-31-23-26)32-20-7-6-9-25-17-21-33(22-18-25)24-28-13-4-5-14-29(28)27-11-2-1-3-12-27/h4-5,8,10,13-14,19,23,25,27H,1-3,6-7,9,11-12,15-18,20-22,24H2,(H,32,34). The minimum absolute atomic E-state index is 0.158. The molecule has 1 aromatic heterocycles. The minimum Gasteiger partial charge on any atom is -0.356 e. The first-order chi connectivity index (χ1) is 16.8. The van der Waals surface area contributed by atoms with Gasteiger partial charge in [-0.15, -0.1) is 0 Å². The molecular formula is C30H43N3O. The smallest absolute Gasteiger partial charge is 0.220 e. The van der Waals surface area contributed by atoms with Crippen molar-refractivity contribution in [2.75, 3.05) is 19.6 Å². The van der Waals surface area contributed by atoms with E-state index in [4.69, 9.17) is 0 Å². The molecule has 1 amide bonds. The summed E-state index contributed by atoms with van der Waals surface area (Å²) in [6.07, 6.45) is 18.2. The predicted molar refractivity (Wildman–Crippen MR) is 140 cm³/mol. The first-order valence-electron chi connectivity index (χ1n) is 13.7.